The number of aryl methyl sites for hydroxylation is 1. The molecule has 0 fully saturated rings. The van der Waals surface area contributed by atoms with Crippen LogP contribution in [-0.2, 0) is 13.6 Å². The van der Waals surface area contributed by atoms with E-state index in [9.17, 15) is 4.79 Å². The van der Waals surface area contributed by atoms with Crippen molar-refractivity contribution in [1.29, 1.82) is 0 Å². The van der Waals surface area contributed by atoms with Crippen LogP contribution in [-0.4, -0.2) is 26.2 Å². The van der Waals surface area contributed by atoms with Crippen molar-refractivity contribution in [3.63, 3.8) is 0 Å². The van der Waals surface area contributed by atoms with Crippen LogP contribution in [0, 0.1) is 0 Å². The summed E-state index contributed by atoms with van der Waals surface area (Å²) in [6, 6.07) is 23.4. The molecule has 5 rings (SSSR count). The number of ether oxygens (including phenoxy) is 1. The molecule has 0 spiro atoms. The molecule has 0 unspecified atom stereocenters. The summed E-state index contributed by atoms with van der Waals surface area (Å²) in [7, 11) is 3.36. The number of nitrogens with zero attached hydrogens (tertiary/aromatic N) is 4. The molecule has 0 atom stereocenters. The Hall–Kier alpha value is -4.13. The number of nitrogens with one attached hydrogen (secondary N) is 1. The van der Waals surface area contributed by atoms with Gasteiger partial charge in [0, 0.05) is 19.0 Å². The first kappa shape index (κ1) is 18.9. The number of methoxy groups -OCH3 is 1. The Morgan fingerprint density at radius 1 is 0.903 bits per heavy atom. The Morgan fingerprint density at radius 2 is 1.65 bits per heavy atom. The van der Waals surface area contributed by atoms with Gasteiger partial charge in [-0.1, -0.05) is 48.5 Å². The van der Waals surface area contributed by atoms with Crippen LogP contribution in [0.5, 0.6) is 5.75 Å². The lowest BCUT2D eigenvalue weighted by Crippen LogP contribution is -2.23. The number of para-hydroxylation sites is 3. The smallest absolute Gasteiger partial charge is 0.335 e. The van der Waals surface area contributed by atoms with Crippen molar-refractivity contribution in [2.75, 3.05) is 12.4 Å². The molecular weight excluding hydrogens is 390 g/mol. The molecular formula is C24H21N5O2. The Balaban J connectivity index is 1.73. The quantitative estimate of drug-likeness (QED) is 0.475. The Kier molecular flexibility index (Phi) is 4.63. The minimum atomic E-state index is -0.204. The lowest BCUT2D eigenvalue weighted by atomic mass is 10.2. The van der Waals surface area contributed by atoms with Crippen LogP contribution in [0.3, 0.4) is 0 Å². The van der Waals surface area contributed by atoms with Crippen LogP contribution < -0.4 is 15.7 Å². The molecule has 7 nitrogen and oxygen atoms in total. The van der Waals surface area contributed by atoms with Crippen molar-refractivity contribution in [3.05, 3.63) is 88.8 Å². The van der Waals surface area contributed by atoms with Crippen LogP contribution in [0.15, 0.2) is 77.6 Å². The summed E-state index contributed by atoms with van der Waals surface area (Å²) in [6.07, 6.45) is 0. The number of rotatable bonds is 5. The zero-order valence-corrected chi connectivity index (χ0v) is 17.2. The highest BCUT2D eigenvalue weighted by Gasteiger charge is 2.18. The third kappa shape index (κ3) is 3.20. The molecule has 0 aliphatic heterocycles. The van der Waals surface area contributed by atoms with Gasteiger partial charge < -0.3 is 10.1 Å². The molecule has 31 heavy (non-hydrogen) atoms. The van der Waals surface area contributed by atoms with Crippen LogP contribution in [0.4, 0.5) is 5.82 Å². The highest BCUT2D eigenvalue weighted by Crippen LogP contribution is 2.29. The SMILES string of the molecule is COc1cccc2c(NCc3ccccc3)nc(-n3c(=O)n(C)c4ccccc43)nc12. The van der Waals surface area contributed by atoms with Crippen molar-refractivity contribution >= 4 is 27.8 Å². The first-order valence-electron chi connectivity index (χ1n) is 9.97. The molecule has 7 heteroatoms. The maximum atomic E-state index is 13.1. The van der Waals surface area contributed by atoms with E-state index in [1.165, 1.54) is 4.57 Å². The third-order valence-corrected chi connectivity index (χ3v) is 5.36. The topological polar surface area (TPSA) is 74.0 Å². The molecule has 154 valence electrons. The second-order valence-electron chi connectivity index (χ2n) is 7.23. The van der Waals surface area contributed by atoms with Gasteiger partial charge in [-0.25, -0.2) is 14.3 Å². The highest BCUT2D eigenvalue weighted by molar-refractivity contribution is 5.93. The van der Waals surface area contributed by atoms with Crippen molar-refractivity contribution in [2.45, 2.75) is 6.54 Å². The fraction of sp³-hybridized carbons (Fsp3) is 0.125. The standard InChI is InChI=1S/C24H21N5O2/c1-28-18-12-6-7-13-19(18)29(24(28)30)23-26-21-17(11-8-14-20(21)31-2)22(27-23)25-15-16-9-4-3-5-10-16/h3-14H,15H2,1-2H3,(H,25,26,27). The molecule has 0 bridgehead atoms. The predicted molar refractivity (Wildman–Crippen MR) is 122 cm³/mol. The summed E-state index contributed by atoms with van der Waals surface area (Å²) in [5.41, 5.74) is 3.13. The fourth-order valence-corrected chi connectivity index (χ4v) is 3.78. The molecule has 0 saturated heterocycles. The first-order chi connectivity index (χ1) is 15.2. The van der Waals surface area contributed by atoms with Gasteiger partial charge in [-0.3, -0.25) is 4.57 Å². The monoisotopic (exact) mass is 411 g/mol. The van der Waals surface area contributed by atoms with Gasteiger partial charge >= 0.3 is 5.69 Å². The maximum Gasteiger partial charge on any atom is 0.335 e. The van der Waals surface area contributed by atoms with Gasteiger partial charge in [0.05, 0.1) is 18.1 Å². The number of benzene rings is 3. The van der Waals surface area contributed by atoms with E-state index in [4.69, 9.17) is 14.7 Å². The Morgan fingerprint density at radius 3 is 2.42 bits per heavy atom. The predicted octanol–water partition coefficient (Wildman–Crippen LogP) is 3.89. The van der Waals surface area contributed by atoms with Gasteiger partial charge in [0.15, 0.2) is 0 Å². The van der Waals surface area contributed by atoms with E-state index in [0.717, 1.165) is 22.0 Å². The van der Waals surface area contributed by atoms with Gasteiger partial charge in [0.25, 0.3) is 0 Å². The van der Waals surface area contributed by atoms with Gasteiger partial charge in [-0.15, -0.1) is 0 Å². The maximum absolute atomic E-state index is 13.1. The van der Waals surface area contributed by atoms with Crippen molar-refractivity contribution in [2.24, 2.45) is 7.05 Å². The normalized spacial score (nSPS) is 11.2. The molecule has 0 radical (unpaired) electrons. The van der Waals surface area contributed by atoms with Crippen LogP contribution >= 0.6 is 0 Å². The fourth-order valence-electron chi connectivity index (χ4n) is 3.78. The lowest BCUT2D eigenvalue weighted by molar-refractivity contribution is 0.419. The zero-order valence-electron chi connectivity index (χ0n) is 17.2. The zero-order chi connectivity index (χ0) is 21.4. The van der Waals surface area contributed by atoms with E-state index in [1.807, 2.05) is 72.8 Å². The molecule has 0 aliphatic carbocycles. The highest BCUT2D eigenvalue weighted by atomic mass is 16.5. The van der Waals surface area contributed by atoms with Crippen molar-refractivity contribution in [1.82, 2.24) is 19.1 Å². The molecule has 5 aromatic rings. The lowest BCUT2D eigenvalue weighted by Gasteiger charge is -2.13. The van der Waals surface area contributed by atoms with E-state index in [2.05, 4.69) is 5.32 Å². The number of anilines is 1. The molecule has 0 saturated carbocycles. The first-order valence-corrected chi connectivity index (χ1v) is 9.97. The number of hydrogen-bond donors (Lipinski definition) is 1. The van der Waals surface area contributed by atoms with Gasteiger partial charge in [-0.05, 0) is 29.8 Å². The number of imidazole rings is 1. The number of fused-ring (bicyclic) bond motifs is 2. The molecule has 3 aromatic carbocycles. The molecule has 0 aliphatic rings. The van der Waals surface area contributed by atoms with Crippen molar-refractivity contribution in [3.8, 4) is 11.7 Å². The summed E-state index contributed by atoms with van der Waals surface area (Å²) in [6.45, 7) is 0.591. The largest absolute Gasteiger partial charge is 0.494 e. The Labute approximate surface area is 178 Å². The second-order valence-corrected chi connectivity index (χ2v) is 7.23. The van der Waals surface area contributed by atoms with Gasteiger partial charge in [-0.2, -0.15) is 4.98 Å². The summed E-state index contributed by atoms with van der Waals surface area (Å²) in [5, 5.41) is 4.24. The van der Waals surface area contributed by atoms with Crippen molar-refractivity contribution < 1.29 is 4.74 Å². The van der Waals surface area contributed by atoms with E-state index >= 15 is 0 Å². The van der Waals surface area contributed by atoms with E-state index in [-0.39, 0.29) is 5.69 Å². The molecule has 1 N–H and O–H groups in total. The number of aromatic nitrogens is 4. The average Bonchev–Trinajstić information content (AvgIpc) is 3.07. The van der Waals surface area contributed by atoms with E-state index < -0.39 is 0 Å². The van der Waals surface area contributed by atoms with Crippen LogP contribution in [0.2, 0.25) is 0 Å². The minimum Gasteiger partial charge on any atom is -0.494 e. The van der Waals surface area contributed by atoms with Gasteiger partial charge in [0.1, 0.15) is 17.1 Å². The average molecular weight is 411 g/mol. The molecule has 0 amide bonds. The number of hydrogen-bond acceptors (Lipinski definition) is 5. The Bertz CT molecular complexity index is 1450. The van der Waals surface area contributed by atoms with Crippen LogP contribution in [0.1, 0.15) is 5.56 Å². The van der Waals surface area contributed by atoms with Gasteiger partial charge in [0.2, 0.25) is 5.95 Å². The summed E-state index contributed by atoms with van der Waals surface area (Å²) >= 11 is 0. The minimum absolute atomic E-state index is 0.204. The summed E-state index contributed by atoms with van der Waals surface area (Å²) in [4.78, 5) is 22.6. The third-order valence-electron chi connectivity index (χ3n) is 5.36. The summed E-state index contributed by atoms with van der Waals surface area (Å²) < 4.78 is 8.68. The summed E-state index contributed by atoms with van der Waals surface area (Å²) in [5.74, 6) is 1.56. The molecule has 2 aromatic heterocycles. The van der Waals surface area contributed by atoms with E-state index in [1.54, 1.807) is 18.7 Å². The molecule has 2 heterocycles. The van der Waals surface area contributed by atoms with Crippen LogP contribution in [0.25, 0.3) is 27.9 Å². The van der Waals surface area contributed by atoms with E-state index in [0.29, 0.717) is 29.6 Å². The second kappa shape index (κ2) is 7.60.